The van der Waals surface area contributed by atoms with Crippen LogP contribution < -0.4 is 0 Å². The van der Waals surface area contributed by atoms with E-state index in [1.807, 2.05) is 6.92 Å². The molecule has 0 aromatic heterocycles. The third-order valence-electron chi connectivity index (χ3n) is 3.25. The molecule has 0 fully saturated rings. The molecule has 0 aliphatic carbocycles. The second kappa shape index (κ2) is 7.00. The summed E-state index contributed by atoms with van der Waals surface area (Å²) in [7, 11) is 0. The third kappa shape index (κ3) is 4.31. The van der Waals surface area contributed by atoms with Crippen LogP contribution in [-0.4, -0.2) is 6.18 Å². The largest absolute Gasteiger partial charge is 0.458 e. The third-order valence-corrected chi connectivity index (χ3v) is 3.25. The summed E-state index contributed by atoms with van der Waals surface area (Å²) in [4.78, 5) is 0. The van der Waals surface area contributed by atoms with Crippen molar-refractivity contribution in [3.05, 3.63) is 58.9 Å². The normalized spacial score (nSPS) is 11.1. The average molecular weight is 342 g/mol. The molecule has 0 spiro atoms. The van der Waals surface area contributed by atoms with E-state index in [4.69, 9.17) is 0 Å². The molecule has 0 saturated carbocycles. The number of rotatable bonds is 3. The lowest BCUT2D eigenvalue weighted by Crippen LogP contribution is -2.02. The lowest BCUT2D eigenvalue weighted by molar-refractivity contribution is -0.0696. The summed E-state index contributed by atoms with van der Waals surface area (Å²) < 4.78 is 78.0. The van der Waals surface area contributed by atoms with Crippen LogP contribution in [0, 0.1) is 29.3 Å². The molecule has 2 aromatic carbocycles. The van der Waals surface area contributed by atoms with Crippen LogP contribution in [0.5, 0.6) is 0 Å². The molecule has 0 heterocycles. The monoisotopic (exact) mass is 342 g/mol. The second-order valence-electron chi connectivity index (χ2n) is 5.13. The van der Waals surface area contributed by atoms with E-state index in [0.717, 1.165) is 30.0 Å². The van der Waals surface area contributed by atoms with E-state index < -0.39 is 29.2 Å². The minimum atomic E-state index is -4.86. The molecule has 2 rings (SSSR count). The van der Waals surface area contributed by atoms with Crippen molar-refractivity contribution in [2.24, 2.45) is 0 Å². The molecule has 0 bridgehead atoms. The van der Waals surface area contributed by atoms with Gasteiger partial charge >= 0.3 is 6.18 Å². The van der Waals surface area contributed by atoms with Crippen molar-refractivity contribution in [1.29, 1.82) is 0 Å². The molecule has 126 valence electrons. The Hall–Kier alpha value is -2.42. The topological polar surface area (TPSA) is 0 Å². The van der Waals surface area contributed by atoms with Crippen LogP contribution in [0.4, 0.5) is 26.3 Å². The van der Waals surface area contributed by atoms with Gasteiger partial charge in [-0.3, -0.25) is 0 Å². The minimum absolute atomic E-state index is 0.0389. The van der Waals surface area contributed by atoms with E-state index in [1.54, 1.807) is 6.07 Å². The molecule has 0 aliphatic heterocycles. The lowest BCUT2D eigenvalue weighted by atomic mass is 9.99. The molecule has 0 nitrogen and oxygen atoms in total. The first-order valence-electron chi connectivity index (χ1n) is 7.09. The second-order valence-corrected chi connectivity index (χ2v) is 5.13. The van der Waals surface area contributed by atoms with Crippen LogP contribution in [0.1, 0.15) is 24.5 Å². The van der Waals surface area contributed by atoms with Crippen LogP contribution in [0.15, 0.2) is 30.3 Å². The van der Waals surface area contributed by atoms with Gasteiger partial charge in [0.2, 0.25) is 0 Å². The van der Waals surface area contributed by atoms with E-state index in [1.165, 1.54) is 18.1 Å². The Morgan fingerprint density at radius 1 is 0.917 bits per heavy atom. The number of alkyl halides is 3. The highest BCUT2D eigenvalue weighted by Crippen LogP contribution is 2.27. The summed E-state index contributed by atoms with van der Waals surface area (Å²) >= 11 is 0. The first kappa shape index (κ1) is 17.9. The zero-order valence-corrected chi connectivity index (χ0v) is 12.6. The summed E-state index contributed by atoms with van der Waals surface area (Å²) in [6.07, 6.45) is -3.39. The molecule has 0 amide bonds. The van der Waals surface area contributed by atoms with Crippen molar-refractivity contribution in [2.75, 3.05) is 0 Å². The summed E-state index contributed by atoms with van der Waals surface area (Å²) in [5.41, 5.74) is -0.405. The van der Waals surface area contributed by atoms with E-state index in [-0.39, 0.29) is 11.1 Å². The van der Waals surface area contributed by atoms with Gasteiger partial charge in [0, 0.05) is 11.5 Å². The molecule has 0 radical (unpaired) electrons. The molecular formula is C18H12F6. The van der Waals surface area contributed by atoms with Gasteiger partial charge in [0.15, 0.2) is 0 Å². The average Bonchev–Trinajstić information content (AvgIpc) is 2.45. The Kier molecular flexibility index (Phi) is 5.23. The van der Waals surface area contributed by atoms with E-state index >= 15 is 0 Å². The minimum Gasteiger partial charge on any atom is -0.206 e. The van der Waals surface area contributed by atoms with Gasteiger partial charge in [0.25, 0.3) is 0 Å². The Balaban J connectivity index is 2.45. The van der Waals surface area contributed by atoms with Gasteiger partial charge < -0.3 is 0 Å². The highest BCUT2D eigenvalue weighted by molar-refractivity contribution is 5.66. The number of benzene rings is 2. The molecule has 0 unspecified atom stereocenters. The van der Waals surface area contributed by atoms with E-state index in [2.05, 4.69) is 0 Å². The number of hydrogen-bond donors (Lipinski definition) is 0. The molecular weight excluding hydrogens is 330 g/mol. The zero-order valence-electron chi connectivity index (χ0n) is 12.6. The molecule has 6 heteroatoms. The van der Waals surface area contributed by atoms with Gasteiger partial charge in [-0.1, -0.05) is 31.4 Å². The standard InChI is InChI=1S/C18H12F6/c1-2-3-11-4-5-13(15(19)8-11)12-9-16(20)14(17(21)10-12)6-7-18(22,23)24/h4-5,8-10H,2-3H2,1H3. The van der Waals surface area contributed by atoms with Crippen LogP contribution >= 0.6 is 0 Å². The Labute approximate surface area is 135 Å². The van der Waals surface area contributed by atoms with Crippen molar-refractivity contribution in [3.63, 3.8) is 0 Å². The molecule has 0 N–H and O–H groups in total. The number of aryl methyl sites for hydroxylation is 1. The Bertz CT molecular complexity index is 785. The molecule has 0 atom stereocenters. The fourth-order valence-electron chi connectivity index (χ4n) is 2.22. The molecule has 0 saturated heterocycles. The Morgan fingerprint density at radius 3 is 2.04 bits per heavy atom. The van der Waals surface area contributed by atoms with Crippen LogP contribution in [0.2, 0.25) is 0 Å². The maximum Gasteiger partial charge on any atom is 0.458 e. The summed E-state index contributed by atoms with van der Waals surface area (Å²) in [5.74, 6) is -0.987. The molecule has 0 aliphatic rings. The Morgan fingerprint density at radius 2 is 1.54 bits per heavy atom. The quantitative estimate of drug-likeness (QED) is 0.500. The van der Waals surface area contributed by atoms with Gasteiger partial charge in [-0.25, -0.2) is 13.2 Å². The van der Waals surface area contributed by atoms with Gasteiger partial charge in [-0.15, -0.1) is 0 Å². The fourth-order valence-corrected chi connectivity index (χ4v) is 2.22. The molecule has 24 heavy (non-hydrogen) atoms. The highest BCUT2D eigenvalue weighted by Gasteiger charge is 2.23. The SMILES string of the molecule is CCCc1ccc(-c2cc(F)c(C#CC(F)(F)F)c(F)c2)c(F)c1. The van der Waals surface area contributed by atoms with Crippen LogP contribution in [-0.2, 0) is 6.42 Å². The fraction of sp³-hybridized carbons (Fsp3) is 0.222. The van der Waals surface area contributed by atoms with E-state index in [0.29, 0.717) is 6.42 Å². The zero-order chi connectivity index (χ0) is 17.9. The number of halogens is 6. The van der Waals surface area contributed by atoms with Gasteiger partial charge in [0.1, 0.15) is 17.5 Å². The predicted molar refractivity (Wildman–Crippen MR) is 78.7 cm³/mol. The van der Waals surface area contributed by atoms with Crippen molar-refractivity contribution in [3.8, 4) is 23.0 Å². The van der Waals surface area contributed by atoms with Crippen molar-refractivity contribution < 1.29 is 26.3 Å². The highest BCUT2D eigenvalue weighted by atomic mass is 19.4. The maximum absolute atomic E-state index is 14.1. The van der Waals surface area contributed by atoms with Gasteiger partial charge in [-0.2, -0.15) is 13.2 Å². The summed E-state index contributed by atoms with van der Waals surface area (Å²) in [6.45, 7) is 1.93. The first-order valence-corrected chi connectivity index (χ1v) is 7.09. The summed E-state index contributed by atoms with van der Waals surface area (Å²) in [6, 6.07) is 5.82. The van der Waals surface area contributed by atoms with E-state index in [9.17, 15) is 26.3 Å². The smallest absolute Gasteiger partial charge is 0.206 e. The van der Waals surface area contributed by atoms with Gasteiger partial charge in [-0.05, 0) is 35.7 Å². The number of hydrogen-bond acceptors (Lipinski definition) is 0. The van der Waals surface area contributed by atoms with Crippen LogP contribution in [0.25, 0.3) is 11.1 Å². The van der Waals surface area contributed by atoms with Gasteiger partial charge in [0.05, 0.1) is 5.56 Å². The van der Waals surface area contributed by atoms with Crippen molar-refractivity contribution in [1.82, 2.24) is 0 Å². The first-order chi connectivity index (χ1) is 11.2. The van der Waals surface area contributed by atoms with Crippen molar-refractivity contribution in [2.45, 2.75) is 25.9 Å². The van der Waals surface area contributed by atoms with Crippen LogP contribution in [0.3, 0.4) is 0 Å². The maximum atomic E-state index is 14.1. The van der Waals surface area contributed by atoms with Crippen molar-refractivity contribution >= 4 is 0 Å². The lowest BCUT2D eigenvalue weighted by Gasteiger charge is -2.08. The molecule has 2 aromatic rings. The predicted octanol–water partition coefficient (Wildman–Crippen LogP) is 5.64. The summed E-state index contributed by atoms with van der Waals surface area (Å²) in [5, 5.41) is 0.